The zero-order valence-electron chi connectivity index (χ0n) is 21.3. The SMILES string of the molecule is COc1cccc(/C=C/c2nc3ccc(-c4ccncc4)cc3c(=O)n2-c2cccc(C(C)(C)C)c2)n1. The van der Waals surface area contributed by atoms with Crippen LogP contribution in [0.2, 0.25) is 0 Å². The van der Waals surface area contributed by atoms with Gasteiger partial charge in [0, 0.05) is 18.5 Å². The number of hydrogen-bond acceptors (Lipinski definition) is 5. The third-order valence-corrected chi connectivity index (χ3v) is 6.24. The molecule has 0 saturated carbocycles. The monoisotopic (exact) mass is 488 g/mol. The number of nitrogens with zero attached hydrogens (tertiary/aromatic N) is 4. The average molecular weight is 489 g/mol. The summed E-state index contributed by atoms with van der Waals surface area (Å²) >= 11 is 0. The molecular formula is C31H28N4O2. The Kier molecular flexibility index (Phi) is 6.40. The lowest BCUT2D eigenvalue weighted by atomic mass is 9.87. The number of pyridine rings is 2. The minimum atomic E-state index is -0.134. The predicted molar refractivity (Wildman–Crippen MR) is 149 cm³/mol. The molecule has 184 valence electrons. The van der Waals surface area contributed by atoms with Gasteiger partial charge in [-0.05, 0) is 76.7 Å². The Balaban J connectivity index is 1.73. The van der Waals surface area contributed by atoms with Crippen LogP contribution in [0.1, 0.15) is 37.9 Å². The highest BCUT2D eigenvalue weighted by Crippen LogP contribution is 2.26. The van der Waals surface area contributed by atoms with Gasteiger partial charge in [-0.2, -0.15) is 0 Å². The highest BCUT2D eigenvalue weighted by atomic mass is 16.5. The minimum Gasteiger partial charge on any atom is -0.481 e. The summed E-state index contributed by atoms with van der Waals surface area (Å²) in [5.41, 5.74) is 4.95. The van der Waals surface area contributed by atoms with E-state index < -0.39 is 0 Å². The van der Waals surface area contributed by atoms with Crippen LogP contribution in [-0.4, -0.2) is 26.6 Å². The van der Waals surface area contributed by atoms with E-state index in [0.29, 0.717) is 28.3 Å². The van der Waals surface area contributed by atoms with Crippen LogP contribution in [-0.2, 0) is 5.41 Å². The van der Waals surface area contributed by atoms with E-state index in [0.717, 1.165) is 22.4 Å². The molecule has 3 heterocycles. The van der Waals surface area contributed by atoms with Crippen LogP contribution in [0, 0.1) is 0 Å². The molecule has 0 bridgehead atoms. The van der Waals surface area contributed by atoms with Crippen molar-refractivity contribution in [3.8, 4) is 22.7 Å². The first-order valence-corrected chi connectivity index (χ1v) is 12.1. The van der Waals surface area contributed by atoms with Gasteiger partial charge in [0.2, 0.25) is 5.88 Å². The number of methoxy groups -OCH3 is 1. The van der Waals surface area contributed by atoms with Gasteiger partial charge in [-0.1, -0.05) is 45.0 Å². The van der Waals surface area contributed by atoms with Gasteiger partial charge in [0.1, 0.15) is 5.82 Å². The Morgan fingerprint density at radius 1 is 0.838 bits per heavy atom. The molecule has 6 nitrogen and oxygen atoms in total. The molecule has 0 N–H and O–H groups in total. The maximum Gasteiger partial charge on any atom is 0.266 e. The standard InChI is InChI=1S/C31H28N4O2/c1-31(2,3)23-7-5-9-25(20-23)35-28(14-12-24-8-6-10-29(33-24)37-4)34-27-13-11-22(19-26(27)30(35)36)21-15-17-32-18-16-21/h5-20H,1-4H3/b14-12+. The van der Waals surface area contributed by atoms with Crippen LogP contribution in [0.3, 0.4) is 0 Å². The fourth-order valence-corrected chi connectivity index (χ4v) is 4.20. The van der Waals surface area contributed by atoms with E-state index in [9.17, 15) is 4.79 Å². The molecule has 2 aromatic carbocycles. The van der Waals surface area contributed by atoms with Crippen molar-refractivity contribution in [3.63, 3.8) is 0 Å². The number of ether oxygens (including phenoxy) is 1. The maximum absolute atomic E-state index is 14.0. The van der Waals surface area contributed by atoms with E-state index in [-0.39, 0.29) is 11.0 Å². The average Bonchev–Trinajstić information content (AvgIpc) is 2.92. The molecule has 5 rings (SSSR count). The summed E-state index contributed by atoms with van der Waals surface area (Å²) in [5.74, 6) is 1.04. The number of fused-ring (bicyclic) bond motifs is 1. The molecule has 0 aliphatic carbocycles. The summed E-state index contributed by atoms with van der Waals surface area (Å²) in [7, 11) is 1.58. The second-order valence-corrected chi connectivity index (χ2v) is 9.82. The van der Waals surface area contributed by atoms with Crippen LogP contribution in [0.15, 0.2) is 90.0 Å². The maximum atomic E-state index is 14.0. The summed E-state index contributed by atoms with van der Waals surface area (Å²) in [6.45, 7) is 6.47. The van der Waals surface area contributed by atoms with Gasteiger partial charge >= 0.3 is 0 Å². The summed E-state index contributed by atoms with van der Waals surface area (Å²) in [5, 5.41) is 0.548. The lowest BCUT2D eigenvalue weighted by molar-refractivity contribution is 0.397. The molecule has 5 aromatic rings. The van der Waals surface area contributed by atoms with Crippen LogP contribution in [0.5, 0.6) is 5.88 Å². The topological polar surface area (TPSA) is 69.9 Å². The molecular weight excluding hydrogens is 460 g/mol. The van der Waals surface area contributed by atoms with E-state index in [1.54, 1.807) is 30.1 Å². The number of aromatic nitrogens is 4. The molecule has 0 spiro atoms. The van der Waals surface area contributed by atoms with Crippen LogP contribution in [0.4, 0.5) is 0 Å². The van der Waals surface area contributed by atoms with Gasteiger partial charge in [0.15, 0.2) is 0 Å². The summed E-state index contributed by atoms with van der Waals surface area (Å²) in [6, 6.07) is 23.2. The summed E-state index contributed by atoms with van der Waals surface area (Å²) < 4.78 is 6.92. The Hall–Kier alpha value is -4.58. The molecule has 0 fully saturated rings. The molecule has 0 unspecified atom stereocenters. The zero-order valence-corrected chi connectivity index (χ0v) is 21.3. The first-order valence-electron chi connectivity index (χ1n) is 12.1. The molecule has 0 atom stereocenters. The van der Waals surface area contributed by atoms with Gasteiger partial charge in [-0.25, -0.2) is 9.97 Å². The lowest BCUT2D eigenvalue weighted by Gasteiger charge is -2.20. The van der Waals surface area contributed by atoms with Gasteiger partial charge in [0.05, 0.1) is 29.4 Å². The Labute approximate surface area is 216 Å². The lowest BCUT2D eigenvalue weighted by Crippen LogP contribution is -2.23. The molecule has 0 aliphatic rings. The number of hydrogen-bond donors (Lipinski definition) is 0. The fourth-order valence-electron chi connectivity index (χ4n) is 4.20. The first kappa shape index (κ1) is 24.1. The van der Waals surface area contributed by atoms with Gasteiger partial charge < -0.3 is 4.74 Å². The van der Waals surface area contributed by atoms with Crippen molar-refractivity contribution in [1.82, 2.24) is 19.5 Å². The molecule has 0 aliphatic heterocycles. The van der Waals surface area contributed by atoms with Crippen molar-refractivity contribution in [3.05, 3.63) is 113 Å². The van der Waals surface area contributed by atoms with Crippen LogP contribution >= 0.6 is 0 Å². The molecule has 37 heavy (non-hydrogen) atoms. The first-order chi connectivity index (χ1) is 17.8. The second kappa shape index (κ2) is 9.82. The largest absolute Gasteiger partial charge is 0.481 e. The second-order valence-electron chi connectivity index (χ2n) is 9.82. The van der Waals surface area contributed by atoms with Crippen LogP contribution < -0.4 is 10.3 Å². The van der Waals surface area contributed by atoms with Gasteiger partial charge in [-0.3, -0.25) is 14.3 Å². The predicted octanol–water partition coefficient (Wildman–Crippen LogP) is 6.32. The highest BCUT2D eigenvalue weighted by Gasteiger charge is 2.17. The van der Waals surface area contributed by atoms with Crippen LogP contribution in [0.25, 0.3) is 39.9 Å². The van der Waals surface area contributed by atoms with Crippen molar-refractivity contribution in [2.24, 2.45) is 0 Å². The summed E-state index contributed by atoms with van der Waals surface area (Å²) in [4.78, 5) is 27.5. The van der Waals surface area contributed by atoms with Crippen molar-refractivity contribution in [2.75, 3.05) is 7.11 Å². The van der Waals surface area contributed by atoms with E-state index in [2.05, 4.69) is 42.9 Å². The quantitative estimate of drug-likeness (QED) is 0.290. The van der Waals surface area contributed by atoms with Crippen molar-refractivity contribution >= 4 is 23.1 Å². The third kappa shape index (κ3) is 5.05. The highest BCUT2D eigenvalue weighted by molar-refractivity contribution is 5.85. The molecule has 6 heteroatoms. The fraction of sp³-hybridized carbons (Fsp3) is 0.161. The minimum absolute atomic E-state index is 0.0705. The van der Waals surface area contributed by atoms with Gasteiger partial charge in [-0.15, -0.1) is 0 Å². The van der Waals surface area contributed by atoms with Crippen molar-refractivity contribution in [2.45, 2.75) is 26.2 Å². The van der Waals surface area contributed by atoms with E-state index in [1.807, 2.05) is 66.7 Å². The van der Waals surface area contributed by atoms with E-state index >= 15 is 0 Å². The summed E-state index contributed by atoms with van der Waals surface area (Å²) in [6.07, 6.45) is 7.15. The molecule has 0 amide bonds. The molecule has 0 saturated heterocycles. The van der Waals surface area contributed by atoms with E-state index in [4.69, 9.17) is 9.72 Å². The van der Waals surface area contributed by atoms with E-state index in [1.165, 1.54) is 0 Å². The Bertz CT molecular complexity index is 1670. The Morgan fingerprint density at radius 3 is 2.38 bits per heavy atom. The molecule has 3 aromatic heterocycles. The van der Waals surface area contributed by atoms with Crippen molar-refractivity contribution in [1.29, 1.82) is 0 Å². The smallest absolute Gasteiger partial charge is 0.266 e. The third-order valence-electron chi connectivity index (χ3n) is 6.24. The number of rotatable bonds is 5. The van der Waals surface area contributed by atoms with Crippen molar-refractivity contribution < 1.29 is 4.74 Å². The zero-order chi connectivity index (χ0) is 26.0. The normalized spacial score (nSPS) is 11.8. The van der Waals surface area contributed by atoms with Gasteiger partial charge in [0.25, 0.3) is 5.56 Å². The molecule has 0 radical (unpaired) electrons. The Morgan fingerprint density at radius 2 is 1.62 bits per heavy atom. The number of benzene rings is 2.